The van der Waals surface area contributed by atoms with Crippen LogP contribution in [-0.2, 0) is 5.60 Å². The molecule has 0 atom stereocenters. The predicted octanol–water partition coefficient (Wildman–Crippen LogP) is 4.13. The summed E-state index contributed by atoms with van der Waals surface area (Å²) in [6.45, 7) is 0.510. The monoisotopic (exact) mass is 345 g/mol. The first-order valence-electron chi connectivity index (χ1n) is 8.87. The van der Waals surface area contributed by atoms with Crippen LogP contribution in [-0.4, -0.2) is 17.6 Å². The smallest absolute Gasteiger partial charge is 0.251 e. The van der Waals surface area contributed by atoms with Crippen molar-refractivity contribution >= 4 is 5.91 Å². The Bertz CT molecular complexity index is 777. The van der Waals surface area contributed by atoms with Gasteiger partial charge in [0.2, 0.25) is 0 Å². The Morgan fingerprint density at radius 3 is 1.73 bits per heavy atom. The van der Waals surface area contributed by atoms with Crippen LogP contribution in [0.5, 0.6) is 0 Å². The Morgan fingerprint density at radius 1 is 0.769 bits per heavy atom. The Balaban J connectivity index is 1.67. The van der Waals surface area contributed by atoms with Crippen molar-refractivity contribution in [2.75, 3.05) is 6.54 Å². The molecule has 0 aromatic heterocycles. The molecule has 3 nitrogen and oxygen atoms in total. The zero-order valence-electron chi connectivity index (χ0n) is 14.6. The van der Waals surface area contributed by atoms with Crippen molar-refractivity contribution in [3.63, 3.8) is 0 Å². The second-order valence-corrected chi connectivity index (χ2v) is 6.32. The van der Waals surface area contributed by atoms with Gasteiger partial charge in [-0.3, -0.25) is 4.79 Å². The van der Waals surface area contributed by atoms with Crippen molar-refractivity contribution in [1.82, 2.24) is 5.32 Å². The number of hydrogen-bond acceptors (Lipinski definition) is 2. The number of amides is 1. The number of nitrogens with one attached hydrogen (secondary N) is 1. The van der Waals surface area contributed by atoms with Crippen molar-refractivity contribution < 1.29 is 9.90 Å². The molecule has 0 aliphatic carbocycles. The van der Waals surface area contributed by atoms with Crippen LogP contribution in [0.4, 0.5) is 0 Å². The van der Waals surface area contributed by atoms with E-state index in [9.17, 15) is 9.90 Å². The summed E-state index contributed by atoms with van der Waals surface area (Å²) in [5.41, 5.74) is 1.30. The summed E-state index contributed by atoms with van der Waals surface area (Å²) in [6.07, 6.45) is 1.19. The number of carbonyl (C=O) groups is 1. The molecule has 132 valence electrons. The van der Waals surface area contributed by atoms with Crippen molar-refractivity contribution in [2.24, 2.45) is 0 Å². The van der Waals surface area contributed by atoms with Crippen LogP contribution < -0.4 is 5.32 Å². The van der Waals surface area contributed by atoms with Gasteiger partial charge >= 0.3 is 0 Å². The Labute approximate surface area is 154 Å². The maximum Gasteiger partial charge on any atom is 0.251 e. The van der Waals surface area contributed by atoms with E-state index in [1.54, 1.807) is 12.1 Å². The van der Waals surface area contributed by atoms with Gasteiger partial charge in [-0.2, -0.15) is 0 Å². The van der Waals surface area contributed by atoms with E-state index in [4.69, 9.17) is 0 Å². The molecule has 0 spiro atoms. The minimum absolute atomic E-state index is 0.0893. The SMILES string of the molecule is O=C(NCCCC(O)(c1ccccc1)c1ccccc1)c1ccccc1. The third-order valence-corrected chi connectivity index (χ3v) is 4.54. The lowest BCUT2D eigenvalue weighted by Gasteiger charge is -2.29. The minimum atomic E-state index is -1.07. The van der Waals surface area contributed by atoms with Gasteiger partial charge in [-0.05, 0) is 36.1 Å². The molecule has 0 radical (unpaired) electrons. The average molecular weight is 345 g/mol. The molecule has 3 aromatic rings. The molecule has 0 aliphatic rings. The van der Waals surface area contributed by atoms with Crippen molar-refractivity contribution in [1.29, 1.82) is 0 Å². The zero-order valence-corrected chi connectivity index (χ0v) is 14.6. The van der Waals surface area contributed by atoms with Crippen LogP contribution in [0.25, 0.3) is 0 Å². The largest absolute Gasteiger partial charge is 0.380 e. The van der Waals surface area contributed by atoms with Gasteiger partial charge in [0.05, 0.1) is 0 Å². The molecule has 2 N–H and O–H groups in total. The van der Waals surface area contributed by atoms with E-state index in [1.165, 1.54) is 0 Å². The molecular formula is C23H23NO2. The van der Waals surface area contributed by atoms with E-state index in [0.717, 1.165) is 11.1 Å². The van der Waals surface area contributed by atoms with Gasteiger partial charge in [-0.25, -0.2) is 0 Å². The summed E-state index contributed by atoms with van der Waals surface area (Å²) in [5, 5.41) is 14.3. The minimum Gasteiger partial charge on any atom is -0.380 e. The first-order valence-corrected chi connectivity index (χ1v) is 8.87. The maximum atomic E-state index is 12.1. The highest BCUT2D eigenvalue weighted by Gasteiger charge is 2.30. The molecule has 0 saturated carbocycles. The van der Waals surface area contributed by atoms with Gasteiger partial charge in [0.15, 0.2) is 0 Å². The van der Waals surface area contributed by atoms with Crippen LogP contribution in [0.3, 0.4) is 0 Å². The van der Waals surface area contributed by atoms with Gasteiger partial charge in [-0.15, -0.1) is 0 Å². The fourth-order valence-electron chi connectivity index (χ4n) is 3.12. The van der Waals surface area contributed by atoms with Gasteiger partial charge in [0.1, 0.15) is 5.60 Å². The van der Waals surface area contributed by atoms with E-state index in [-0.39, 0.29) is 5.91 Å². The Morgan fingerprint density at radius 2 is 1.23 bits per heavy atom. The first kappa shape index (κ1) is 17.9. The van der Waals surface area contributed by atoms with E-state index in [2.05, 4.69) is 5.32 Å². The highest BCUT2D eigenvalue weighted by atomic mass is 16.3. The van der Waals surface area contributed by atoms with Crippen LogP contribution >= 0.6 is 0 Å². The van der Waals surface area contributed by atoms with Crippen molar-refractivity contribution in [3.8, 4) is 0 Å². The molecule has 0 unspecified atom stereocenters. The number of carbonyl (C=O) groups excluding carboxylic acids is 1. The highest BCUT2D eigenvalue weighted by Crippen LogP contribution is 2.33. The topological polar surface area (TPSA) is 49.3 Å². The number of rotatable bonds is 7. The lowest BCUT2D eigenvalue weighted by Crippen LogP contribution is -2.30. The molecular weight excluding hydrogens is 322 g/mol. The molecule has 0 aliphatic heterocycles. The van der Waals surface area contributed by atoms with Crippen LogP contribution in [0, 0.1) is 0 Å². The molecule has 3 heteroatoms. The summed E-state index contributed by atoms with van der Waals surface area (Å²) >= 11 is 0. The normalized spacial score (nSPS) is 11.1. The van der Waals surface area contributed by atoms with Crippen molar-refractivity contribution in [3.05, 3.63) is 108 Å². The number of hydrogen-bond donors (Lipinski definition) is 2. The lowest BCUT2D eigenvalue weighted by molar-refractivity contribution is 0.0679. The van der Waals surface area contributed by atoms with Crippen molar-refractivity contribution in [2.45, 2.75) is 18.4 Å². The summed E-state index contributed by atoms with van der Waals surface area (Å²) in [5.74, 6) is -0.0893. The molecule has 26 heavy (non-hydrogen) atoms. The molecule has 3 aromatic carbocycles. The highest BCUT2D eigenvalue weighted by molar-refractivity contribution is 5.94. The summed E-state index contributed by atoms with van der Waals surface area (Å²) in [6, 6.07) is 28.5. The van der Waals surface area contributed by atoms with E-state index >= 15 is 0 Å². The van der Waals surface area contributed by atoms with Gasteiger partial charge < -0.3 is 10.4 Å². The van der Waals surface area contributed by atoms with Gasteiger partial charge in [0, 0.05) is 12.1 Å². The number of benzene rings is 3. The maximum absolute atomic E-state index is 12.1. The third-order valence-electron chi connectivity index (χ3n) is 4.54. The van der Waals surface area contributed by atoms with Crippen LogP contribution in [0.2, 0.25) is 0 Å². The molecule has 1 amide bonds. The zero-order chi connectivity index (χ0) is 18.2. The van der Waals surface area contributed by atoms with E-state index in [0.29, 0.717) is 24.9 Å². The van der Waals surface area contributed by atoms with Gasteiger partial charge in [0.25, 0.3) is 5.91 Å². The average Bonchev–Trinajstić information content (AvgIpc) is 2.73. The van der Waals surface area contributed by atoms with Crippen LogP contribution in [0.15, 0.2) is 91.0 Å². The lowest BCUT2D eigenvalue weighted by atomic mass is 9.82. The second kappa shape index (κ2) is 8.45. The van der Waals surface area contributed by atoms with E-state index < -0.39 is 5.60 Å². The number of aliphatic hydroxyl groups is 1. The first-order chi connectivity index (χ1) is 12.7. The molecule has 0 saturated heterocycles. The Kier molecular flexibility index (Phi) is 5.82. The van der Waals surface area contributed by atoms with E-state index in [1.807, 2.05) is 78.9 Å². The predicted molar refractivity (Wildman–Crippen MR) is 104 cm³/mol. The summed E-state index contributed by atoms with van der Waals surface area (Å²) in [4.78, 5) is 12.1. The quantitative estimate of drug-likeness (QED) is 0.633. The van der Waals surface area contributed by atoms with Crippen LogP contribution in [0.1, 0.15) is 34.3 Å². The summed E-state index contributed by atoms with van der Waals surface area (Å²) in [7, 11) is 0. The summed E-state index contributed by atoms with van der Waals surface area (Å²) < 4.78 is 0. The standard InChI is InChI=1S/C23H23NO2/c25-22(19-11-4-1-5-12-19)24-18-10-17-23(26,20-13-6-2-7-14-20)21-15-8-3-9-16-21/h1-9,11-16,26H,10,17-18H2,(H,24,25). The van der Waals surface area contributed by atoms with Gasteiger partial charge in [-0.1, -0.05) is 78.9 Å². The third kappa shape index (κ3) is 4.19. The molecule has 0 fully saturated rings. The fourth-order valence-corrected chi connectivity index (χ4v) is 3.12. The molecule has 0 heterocycles. The molecule has 3 rings (SSSR count). The fraction of sp³-hybridized carbons (Fsp3) is 0.174. The second-order valence-electron chi connectivity index (χ2n) is 6.32. The molecule has 0 bridgehead atoms. The Hall–Kier alpha value is -2.91.